The number of hydrogen-bond acceptors (Lipinski definition) is 2. The second-order valence-electron chi connectivity index (χ2n) is 28.2. The lowest BCUT2D eigenvalue weighted by atomic mass is 10.0. The molecule has 504 valence electrons. The van der Waals surface area contributed by atoms with Crippen LogP contribution in [0.1, 0.15) is 0 Å². The lowest BCUT2D eigenvalue weighted by molar-refractivity contribution is 1.18. The average Bonchev–Trinajstić information content (AvgIpc) is 1.58. The molecule has 6 aromatic heterocycles. The van der Waals surface area contributed by atoms with E-state index in [0.29, 0.717) is 0 Å². The monoisotopic (exact) mass is 1410 g/mol. The summed E-state index contributed by atoms with van der Waals surface area (Å²) in [6.45, 7) is 0. The molecule has 4 nitrogen and oxygen atoms in total. The molecule has 17 aromatic carbocycles. The molecule has 0 atom stereocenters. The van der Waals surface area contributed by atoms with Crippen molar-refractivity contribution in [1.82, 2.24) is 18.3 Å². The molecule has 6 heteroatoms. The standard InChI is InChI=1S/C54H34N2S.C48H30N2S/c1-3-13-35(14-4-1)37-17-11-18-41(31-37)55-47-21-9-7-19-42(47)44-32-39(25-28-49(44)55)40-26-29-50-45(33-40)43-20-8-10-22-48(43)56(50)51-23-12-24-53-54(51)46-34-38(27-30-52(46)57-53)36-15-5-2-6-16-36;1-2-12-31(13-3-1)32-14-10-15-35(28-32)49-41-19-7-4-16-36(41)39-29-33(24-26-43(39)49)34-25-27-44-40(30-34)37-17-5-8-20-42(37)50(44)45-21-11-23-47-48(45)38-18-6-9-22-46(38)51-47/h1-34H;1-30H. The van der Waals surface area contributed by atoms with Crippen LogP contribution in [0, 0.1) is 0 Å². The number of aromatic nitrogens is 4. The van der Waals surface area contributed by atoms with Crippen molar-refractivity contribution in [1.29, 1.82) is 0 Å². The minimum Gasteiger partial charge on any atom is -0.309 e. The van der Waals surface area contributed by atoms with Gasteiger partial charge in [0.2, 0.25) is 0 Å². The molecule has 0 bridgehead atoms. The van der Waals surface area contributed by atoms with Gasteiger partial charge in [-0.15, -0.1) is 22.7 Å². The van der Waals surface area contributed by atoms with Crippen LogP contribution >= 0.6 is 22.7 Å². The molecule has 0 radical (unpaired) electrons. The average molecular weight is 1410 g/mol. The molecule has 0 aliphatic heterocycles. The van der Waals surface area contributed by atoms with Crippen LogP contribution in [0.5, 0.6) is 0 Å². The molecule has 0 unspecified atom stereocenters. The maximum absolute atomic E-state index is 2.48. The van der Waals surface area contributed by atoms with Crippen LogP contribution in [0.2, 0.25) is 0 Å². The van der Waals surface area contributed by atoms with Gasteiger partial charge in [-0.1, -0.05) is 249 Å². The molecule has 23 rings (SSSR count). The highest BCUT2D eigenvalue weighted by Gasteiger charge is 2.23. The van der Waals surface area contributed by atoms with E-state index < -0.39 is 0 Å². The van der Waals surface area contributed by atoms with E-state index >= 15 is 0 Å². The molecule has 0 N–H and O–H groups in total. The largest absolute Gasteiger partial charge is 0.309 e. The summed E-state index contributed by atoms with van der Waals surface area (Å²) >= 11 is 3.74. The first-order valence-electron chi connectivity index (χ1n) is 36.9. The van der Waals surface area contributed by atoms with Gasteiger partial charge in [-0.3, -0.25) is 0 Å². The second kappa shape index (κ2) is 25.0. The smallest absolute Gasteiger partial charge is 0.0555 e. The Morgan fingerprint density at radius 1 is 0.148 bits per heavy atom. The predicted molar refractivity (Wildman–Crippen MR) is 463 cm³/mol. The summed E-state index contributed by atoms with van der Waals surface area (Å²) in [5, 5.41) is 15.3. The number of benzene rings is 17. The summed E-state index contributed by atoms with van der Waals surface area (Å²) in [6, 6.07) is 142. The lowest BCUT2D eigenvalue weighted by Gasteiger charge is -2.11. The molecule has 0 spiro atoms. The zero-order chi connectivity index (χ0) is 70.9. The van der Waals surface area contributed by atoms with Gasteiger partial charge in [0.1, 0.15) is 0 Å². The highest BCUT2D eigenvalue weighted by atomic mass is 32.1. The minimum atomic E-state index is 1.16. The molecule has 23 aromatic rings. The number of hydrogen-bond donors (Lipinski definition) is 0. The second-order valence-corrected chi connectivity index (χ2v) is 30.4. The van der Waals surface area contributed by atoms with Crippen molar-refractivity contribution in [3.63, 3.8) is 0 Å². The maximum atomic E-state index is 2.48. The molecule has 0 aliphatic rings. The number of fused-ring (bicyclic) bond motifs is 18. The third-order valence-corrected chi connectivity index (χ3v) is 24.5. The van der Waals surface area contributed by atoms with E-state index in [0.717, 1.165) is 11.4 Å². The zero-order valence-electron chi connectivity index (χ0n) is 58.6. The fraction of sp³-hybridized carbons (Fsp3) is 0. The van der Waals surface area contributed by atoms with Crippen molar-refractivity contribution >= 4 is 150 Å². The molecule has 6 heterocycles. The van der Waals surface area contributed by atoms with Crippen LogP contribution < -0.4 is 0 Å². The van der Waals surface area contributed by atoms with Crippen LogP contribution in [0.4, 0.5) is 0 Å². The number of thiophene rings is 2. The zero-order valence-corrected chi connectivity index (χ0v) is 60.2. The molecule has 0 saturated carbocycles. The van der Waals surface area contributed by atoms with Crippen molar-refractivity contribution in [2.45, 2.75) is 0 Å². The SMILES string of the molecule is c1ccc(-c2cccc(-n3c4ccccc4c4cc(-c5ccc6c(c5)c5ccccc5n6-c5cccc6sc7ccc(-c8ccccc8)cc7c56)ccc43)c2)cc1.c1ccc(-c2cccc(-n3c4ccccc4c4cc(-c5ccc6c(c5)c5ccccc5n6-c5cccc6sc7ccccc7c56)ccc43)c2)cc1. The van der Waals surface area contributed by atoms with Gasteiger partial charge >= 0.3 is 0 Å². The molecule has 108 heavy (non-hydrogen) atoms. The summed E-state index contributed by atoms with van der Waals surface area (Å²) in [5.41, 5.74) is 26.7. The van der Waals surface area contributed by atoms with Crippen LogP contribution in [0.15, 0.2) is 388 Å². The molecular weight excluding hydrogens is 1350 g/mol. The molecule has 0 fully saturated rings. The van der Waals surface area contributed by atoms with Crippen molar-refractivity contribution in [2.24, 2.45) is 0 Å². The van der Waals surface area contributed by atoms with E-state index in [4.69, 9.17) is 0 Å². The van der Waals surface area contributed by atoms with E-state index in [1.807, 2.05) is 22.7 Å². The van der Waals surface area contributed by atoms with Gasteiger partial charge in [-0.05, 0) is 195 Å². The third kappa shape index (κ3) is 9.95. The van der Waals surface area contributed by atoms with Crippen LogP contribution in [0.3, 0.4) is 0 Å². The first-order valence-corrected chi connectivity index (χ1v) is 38.6. The number of nitrogens with zero attached hydrogens (tertiary/aromatic N) is 4. The van der Waals surface area contributed by atoms with Crippen molar-refractivity contribution in [2.75, 3.05) is 0 Å². The Hall–Kier alpha value is -13.6. The Labute approximate surface area is 630 Å². The number of rotatable bonds is 9. The fourth-order valence-electron chi connectivity index (χ4n) is 17.3. The van der Waals surface area contributed by atoms with Gasteiger partial charge in [0.05, 0.1) is 55.5 Å². The summed E-state index contributed by atoms with van der Waals surface area (Å²) in [7, 11) is 0. The quantitative estimate of drug-likeness (QED) is 0.137. The van der Waals surface area contributed by atoms with Crippen LogP contribution in [-0.4, -0.2) is 18.3 Å². The Kier molecular flexibility index (Phi) is 14.3. The Morgan fingerprint density at radius 2 is 0.417 bits per heavy atom. The first kappa shape index (κ1) is 61.8. The van der Waals surface area contributed by atoms with Gasteiger partial charge in [0.15, 0.2) is 0 Å². The van der Waals surface area contributed by atoms with Gasteiger partial charge in [-0.25, -0.2) is 0 Å². The van der Waals surface area contributed by atoms with Gasteiger partial charge < -0.3 is 18.3 Å². The fourth-order valence-corrected chi connectivity index (χ4v) is 19.6. The lowest BCUT2D eigenvalue weighted by Crippen LogP contribution is -1.94. The molecular formula is C102H64N4S2. The summed E-state index contributed by atoms with van der Waals surface area (Å²) in [6.07, 6.45) is 0. The van der Waals surface area contributed by atoms with E-state index in [1.54, 1.807) is 0 Å². The third-order valence-electron chi connectivity index (χ3n) is 22.2. The summed E-state index contributed by atoms with van der Waals surface area (Å²) < 4.78 is 15.0. The summed E-state index contributed by atoms with van der Waals surface area (Å²) in [5.74, 6) is 0. The Balaban J connectivity index is 0.000000135. The van der Waals surface area contributed by atoms with Crippen LogP contribution in [0.25, 0.3) is 206 Å². The number of para-hydroxylation sites is 4. The highest BCUT2D eigenvalue weighted by Crippen LogP contribution is 2.47. The van der Waals surface area contributed by atoms with E-state index in [1.165, 1.54) is 195 Å². The molecule has 0 aliphatic carbocycles. The molecule has 0 saturated heterocycles. The van der Waals surface area contributed by atoms with E-state index in [-0.39, 0.29) is 0 Å². The predicted octanol–water partition coefficient (Wildman–Crippen LogP) is 28.8. The normalized spacial score (nSPS) is 11.9. The van der Waals surface area contributed by atoms with Gasteiger partial charge in [0.25, 0.3) is 0 Å². The van der Waals surface area contributed by atoms with E-state index in [2.05, 4.69) is 407 Å². The van der Waals surface area contributed by atoms with Crippen molar-refractivity contribution in [3.05, 3.63) is 388 Å². The first-order chi connectivity index (χ1) is 53.6. The van der Waals surface area contributed by atoms with Crippen molar-refractivity contribution in [3.8, 4) is 78.4 Å². The van der Waals surface area contributed by atoms with Gasteiger partial charge in [-0.2, -0.15) is 0 Å². The Morgan fingerprint density at radius 3 is 0.833 bits per heavy atom. The van der Waals surface area contributed by atoms with Crippen LogP contribution in [-0.2, 0) is 0 Å². The minimum absolute atomic E-state index is 1.16. The van der Waals surface area contributed by atoms with Gasteiger partial charge in [0, 0.05) is 94.8 Å². The Bertz CT molecular complexity index is 7550. The topological polar surface area (TPSA) is 19.7 Å². The molecule has 0 amide bonds. The van der Waals surface area contributed by atoms with E-state index in [9.17, 15) is 0 Å². The summed E-state index contributed by atoms with van der Waals surface area (Å²) in [4.78, 5) is 0. The highest BCUT2D eigenvalue weighted by molar-refractivity contribution is 7.26. The maximum Gasteiger partial charge on any atom is 0.0555 e. The van der Waals surface area contributed by atoms with Crippen molar-refractivity contribution < 1.29 is 0 Å².